The van der Waals surface area contributed by atoms with Gasteiger partial charge < -0.3 is 15.2 Å². The Labute approximate surface area is 157 Å². The Balaban J connectivity index is 1.87. The molecule has 146 valence electrons. The molecule has 3 amide bonds. The van der Waals surface area contributed by atoms with Gasteiger partial charge in [0.05, 0.1) is 16.7 Å². The summed E-state index contributed by atoms with van der Waals surface area (Å²) in [6.07, 6.45) is -0.0548. The molecular weight excluding hydrogens is 352 g/mol. The lowest BCUT2D eigenvalue weighted by molar-refractivity contribution is -0.142. The Hall–Kier alpha value is -2.74. The normalized spacial score (nSPS) is 14.9. The number of ether oxygens (including phenoxy) is 1. The van der Waals surface area contributed by atoms with E-state index in [1.807, 2.05) is 20.8 Å². The molecule has 0 saturated carbocycles. The SMILES string of the molecule is CC(C)(C)OCCC(NC(=O)CCN1C(=O)c2ccccc2C1=O)C(=O)O. The van der Waals surface area contributed by atoms with Gasteiger partial charge in [-0.3, -0.25) is 19.3 Å². The number of nitrogens with one attached hydrogen (secondary N) is 1. The smallest absolute Gasteiger partial charge is 0.326 e. The summed E-state index contributed by atoms with van der Waals surface area (Å²) in [5.74, 6) is -2.61. The molecule has 1 aliphatic heterocycles. The number of carboxylic acid groups (broad SMARTS) is 1. The highest BCUT2D eigenvalue weighted by molar-refractivity contribution is 6.21. The van der Waals surface area contributed by atoms with E-state index in [1.54, 1.807) is 24.3 Å². The van der Waals surface area contributed by atoms with Crippen molar-refractivity contribution in [1.29, 1.82) is 0 Å². The number of carboxylic acids is 1. The predicted octanol–water partition coefficient (Wildman–Crippen LogP) is 1.45. The Morgan fingerprint density at radius 2 is 1.70 bits per heavy atom. The summed E-state index contributed by atoms with van der Waals surface area (Å²) in [5.41, 5.74) is 0.217. The minimum absolute atomic E-state index is 0.108. The molecule has 2 rings (SSSR count). The van der Waals surface area contributed by atoms with Crippen LogP contribution in [0.15, 0.2) is 24.3 Å². The van der Waals surface area contributed by atoms with Crippen molar-refractivity contribution >= 4 is 23.7 Å². The lowest BCUT2D eigenvalue weighted by Gasteiger charge is -2.21. The maximum atomic E-state index is 12.2. The number of rotatable bonds is 8. The van der Waals surface area contributed by atoms with Crippen LogP contribution in [0, 0.1) is 0 Å². The summed E-state index contributed by atoms with van der Waals surface area (Å²) in [5, 5.41) is 11.7. The van der Waals surface area contributed by atoms with Crippen LogP contribution in [0.5, 0.6) is 0 Å². The number of benzene rings is 1. The largest absolute Gasteiger partial charge is 0.480 e. The molecule has 1 unspecified atom stereocenters. The number of carbonyl (C=O) groups excluding carboxylic acids is 3. The highest BCUT2D eigenvalue weighted by Gasteiger charge is 2.35. The van der Waals surface area contributed by atoms with Crippen LogP contribution in [0.1, 0.15) is 54.3 Å². The van der Waals surface area contributed by atoms with Crippen LogP contribution in [-0.2, 0) is 14.3 Å². The first kappa shape index (κ1) is 20.6. The molecule has 8 heteroatoms. The molecule has 0 saturated heterocycles. The van der Waals surface area contributed by atoms with Gasteiger partial charge in [-0.15, -0.1) is 0 Å². The number of aliphatic carboxylic acids is 1. The van der Waals surface area contributed by atoms with Crippen molar-refractivity contribution in [2.75, 3.05) is 13.2 Å². The number of nitrogens with zero attached hydrogens (tertiary/aromatic N) is 1. The van der Waals surface area contributed by atoms with E-state index in [0.717, 1.165) is 4.90 Å². The van der Waals surface area contributed by atoms with Gasteiger partial charge in [0.1, 0.15) is 6.04 Å². The molecule has 0 radical (unpaired) electrons. The molecule has 0 spiro atoms. The van der Waals surface area contributed by atoms with Gasteiger partial charge in [-0.2, -0.15) is 0 Å². The van der Waals surface area contributed by atoms with E-state index in [4.69, 9.17) is 4.74 Å². The van der Waals surface area contributed by atoms with Gasteiger partial charge in [-0.1, -0.05) is 12.1 Å². The van der Waals surface area contributed by atoms with Crippen molar-refractivity contribution in [3.05, 3.63) is 35.4 Å². The first-order valence-corrected chi connectivity index (χ1v) is 8.71. The Morgan fingerprint density at radius 1 is 1.15 bits per heavy atom. The highest BCUT2D eigenvalue weighted by Crippen LogP contribution is 2.22. The molecule has 1 aromatic rings. The Kier molecular flexibility index (Phi) is 6.32. The maximum Gasteiger partial charge on any atom is 0.326 e. The molecule has 1 aromatic carbocycles. The molecule has 0 aliphatic carbocycles. The second kappa shape index (κ2) is 8.30. The molecule has 2 N–H and O–H groups in total. The predicted molar refractivity (Wildman–Crippen MR) is 96.3 cm³/mol. The van der Waals surface area contributed by atoms with Gasteiger partial charge in [0.2, 0.25) is 5.91 Å². The summed E-state index contributed by atoms with van der Waals surface area (Å²) in [6.45, 7) is 5.62. The summed E-state index contributed by atoms with van der Waals surface area (Å²) in [4.78, 5) is 48.9. The average molecular weight is 376 g/mol. The Morgan fingerprint density at radius 3 is 2.19 bits per heavy atom. The zero-order valence-corrected chi connectivity index (χ0v) is 15.7. The van der Waals surface area contributed by atoms with Crippen molar-refractivity contribution in [3.63, 3.8) is 0 Å². The molecule has 1 atom stereocenters. The van der Waals surface area contributed by atoms with Gasteiger partial charge >= 0.3 is 5.97 Å². The second-order valence-corrected chi connectivity index (χ2v) is 7.27. The lowest BCUT2D eigenvalue weighted by Crippen LogP contribution is -2.43. The standard InChI is InChI=1S/C19H24N2O6/c1-19(2,3)27-11-9-14(18(25)26)20-15(22)8-10-21-16(23)12-6-4-5-7-13(12)17(21)24/h4-7,14H,8-11H2,1-3H3,(H,20,22)(H,25,26). The quantitative estimate of drug-likeness (QED) is 0.664. The van der Waals surface area contributed by atoms with Gasteiger partial charge in [-0.25, -0.2) is 4.79 Å². The molecule has 8 nitrogen and oxygen atoms in total. The highest BCUT2D eigenvalue weighted by atomic mass is 16.5. The van der Waals surface area contributed by atoms with E-state index < -0.39 is 35.3 Å². The number of carbonyl (C=O) groups is 4. The fourth-order valence-electron chi connectivity index (χ4n) is 2.66. The molecule has 0 aromatic heterocycles. The van der Waals surface area contributed by atoms with Crippen LogP contribution in [0.2, 0.25) is 0 Å². The monoisotopic (exact) mass is 376 g/mol. The number of hydrogen-bond acceptors (Lipinski definition) is 5. The number of fused-ring (bicyclic) bond motifs is 1. The van der Waals surface area contributed by atoms with E-state index in [0.29, 0.717) is 11.1 Å². The van der Waals surface area contributed by atoms with E-state index in [-0.39, 0.29) is 26.0 Å². The van der Waals surface area contributed by atoms with Crippen LogP contribution in [0.4, 0.5) is 0 Å². The zero-order chi connectivity index (χ0) is 20.2. The lowest BCUT2D eigenvalue weighted by atomic mass is 10.1. The van der Waals surface area contributed by atoms with Gasteiger partial charge in [0.15, 0.2) is 0 Å². The van der Waals surface area contributed by atoms with Crippen molar-refractivity contribution < 1.29 is 29.0 Å². The summed E-state index contributed by atoms with van der Waals surface area (Å²) >= 11 is 0. The Bertz CT molecular complexity index is 718. The number of imide groups is 1. The third-order valence-corrected chi connectivity index (χ3v) is 4.02. The number of hydrogen-bond donors (Lipinski definition) is 2. The van der Waals surface area contributed by atoms with E-state index in [2.05, 4.69) is 5.32 Å². The molecular formula is C19H24N2O6. The first-order valence-electron chi connectivity index (χ1n) is 8.71. The van der Waals surface area contributed by atoms with E-state index in [1.165, 1.54) is 0 Å². The summed E-state index contributed by atoms with van der Waals surface area (Å²) < 4.78 is 5.48. The third kappa shape index (κ3) is 5.37. The fraction of sp³-hybridized carbons (Fsp3) is 0.474. The fourth-order valence-corrected chi connectivity index (χ4v) is 2.66. The summed E-state index contributed by atoms with van der Waals surface area (Å²) in [7, 11) is 0. The van der Waals surface area contributed by atoms with Crippen molar-refractivity contribution in [1.82, 2.24) is 10.2 Å². The molecule has 27 heavy (non-hydrogen) atoms. The third-order valence-electron chi connectivity index (χ3n) is 4.02. The van der Waals surface area contributed by atoms with Crippen LogP contribution >= 0.6 is 0 Å². The van der Waals surface area contributed by atoms with E-state index in [9.17, 15) is 24.3 Å². The minimum atomic E-state index is -1.17. The molecule has 1 aliphatic rings. The molecule has 1 heterocycles. The zero-order valence-electron chi connectivity index (χ0n) is 15.7. The van der Waals surface area contributed by atoms with Crippen LogP contribution < -0.4 is 5.32 Å². The average Bonchev–Trinajstić information content (AvgIpc) is 2.82. The van der Waals surface area contributed by atoms with Crippen molar-refractivity contribution in [3.8, 4) is 0 Å². The van der Waals surface area contributed by atoms with Gasteiger partial charge in [0.25, 0.3) is 11.8 Å². The van der Waals surface area contributed by atoms with Crippen molar-refractivity contribution in [2.45, 2.75) is 45.3 Å². The topological polar surface area (TPSA) is 113 Å². The summed E-state index contributed by atoms with van der Waals surface area (Å²) in [6, 6.07) is 5.35. The maximum absolute atomic E-state index is 12.2. The van der Waals surface area contributed by atoms with Crippen LogP contribution in [-0.4, -0.2) is 58.5 Å². The molecule has 0 fully saturated rings. The van der Waals surface area contributed by atoms with Crippen LogP contribution in [0.3, 0.4) is 0 Å². The van der Waals surface area contributed by atoms with Gasteiger partial charge in [-0.05, 0) is 32.9 Å². The first-order chi connectivity index (χ1) is 12.6. The van der Waals surface area contributed by atoms with Crippen LogP contribution in [0.25, 0.3) is 0 Å². The number of amides is 3. The second-order valence-electron chi connectivity index (χ2n) is 7.27. The molecule has 0 bridgehead atoms. The van der Waals surface area contributed by atoms with Gasteiger partial charge in [0, 0.05) is 26.0 Å². The van der Waals surface area contributed by atoms with Crippen molar-refractivity contribution in [2.24, 2.45) is 0 Å². The minimum Gasteiger partial charge on any atom is -0.480 e. The van der Waals surface area contributed by atoms with E-state index >= 15 is 0 Å².